The number of carbonyl (C=O) groups is 1. The van der Waals surface area contributed by atoms with Gasteiger partial charge in [-0.1, -0.05) is 4.98 Å². The number of imidazole rings is 1. The number of H-pyrrole nitrogens is 1. The molecule has 0 amide bonds. The van der Waals surface area contributed by atoms with Crippen molar-refractivity contribution < 1.29 is 37.5 Å². The van der Waals surface area contributed by atoms with Crippen molar-refractivity contribution in [1.29, 1.82) is 0 Å². The Morgan fingerprint density at radius 1 is 1.27 bits per heavy atom. The third-order valence-corrected chi connectivity index (χ3v) is 3.57. The number of rotatable bonds is 6. The molecule has 0 unspecified atom stereocenters. The van der Waals surface area contributed by atoms with E-state index in [2.05, 4.69) is 14.7 Å². The van der Waals surface area contributed by atoms with E-state index in [0.29, 0.717) is 11.0 Å². The molecule has 0 aliphatic carbocycles. The van der Waals surface area contributed by atoms with Crippen LogP contribution in [0.15, 0.2) is 30.5 Å². The number of methoxy groups -OCH3 is 2. The van der Waals surface area contributed by atoms with E-state index in [1.165, 1.54) is 49.2 Å². The molecule has 0 spiro atoms. The summed E-state index contributed by atoms with van der Waals surface area (Å²) in [5.41, 5.74) is 0.480. The number of nitrogens with zero attached hydrogens (tertiary/aromatic N) is 2. The average Bonchev–Trinajstić information content (AvgIpc) is 3.02. The Morgan fingerprint density at radius 3 is 2.65 bits per heavy atom. The Labute approximate surface area is 145 Å². The summed E-state index contributed by atoms with van der Waals surface area (Å²) in [6.45, 7) is -2.96. The number of benzene rings is 1. The molecular formula is C16H13F2N3O5. The molecule has 0 bridgehead atoms. The quantitative estimate of drug-likeness (QED) is 0.649. The number of aromatic amines is 1. The van der Waals surface area contributed by atoms with E-state index in [-0.39, 0.29) is 28.9 Å². The Balaban J connectivity index is 2.15. The van der Waals surface area contributed by atoms with Crippen LogP contribution in [0.1, 0.15) is 10.5 Å². The molecule has 1 N–H and O–H groups in total. The van der Waals surface area contributed by atoms with Crippen LogP contribution in [0.25, 0.3) is 17.0 Å². The monoisotopic (exact) mass is 365 g/mol. The summed E-state index contributed by atoms with van der Waals surface area (Å²) in [7, 11) is 2.66. The van der Waals surface area contributed by atoms with E-state index in [9.17, 15) is 18.7 Å². The van der Waals surface area contributed by atoms with Gasteiger partial charge in [0.25, 0.3) is 0 Å². The molecule has 3 rings (SSSR count). The lowest BCUT2D eigenvalue weighted by atomic mass is 10.3. The van der Waals surface area contributed by atoms with Crippen LogP contribution in [0.4, 0.5) is 8.78 Å². The second-order valence-electron chi connectivity index (χ2n) is 5.04. The van der Waals surface area contributed by atoms with Gasteiger partial charge in [-0.15, -0.1) is 0 Å². The maximum absolute atomic E-state index is 12.3. The molecule has 2 heterocycles. The van der Waals surface area contributed by atoms with Gasteiger partial charge in [0.15, 0.2) is 17.0 Å². The van der Waals surface area contributed by atoms with Gasteiger partial charge in [-0.3, -0.25) is 0 Å². The number of aromatic nitrogens is 3. The number of aromatic carboxylic acids is 1. The van der Waals surface area contributed by atoms with Crippen molar-refractivity contribution in [2.24, 2.45) is 0 Å². The Bertz CT molecular complexity index is 974. The molecular weight excluding hydrogens is 352 g/mol. The Hall–Kier alpha value is -3.43. The minimum atomic E-state index is -2.96. The first-order valence-electron chi connectivity index (χ1n) is 7.27. The fourth-order valence-corrected chi connectivity index (χ4v) is 2.51. The molecule has 0 atom stereocenters. The lowest BCUT2D eigenvalue weighted by molar-refractivity contribution is -0.609. The summed E-state index contributed by atoms with van der Waals surface area (Å²) in [5, 5.41) is 11.6. The maximum Gasteiger partial charge on any atom is 0.402 e. The predicted molar refractivity (Wildman–Crippen MR) is 81.7 cm³/mol. The third-order valence-electron chi connectivity index (χ3n) is 3.57. The highest BCUT2D eigenvalue weighted by Crippen LogP contribution is 2.29. The van der Waals surface area contributed by atoms with Crippen LogP contribution in [0, 0.1) is 0 Å². The molecule has 0 saturated heterocycles. The fraction of sp³-hybridized carbons (Fsp3) is 0.188. The smallest absolute Gasteiger partial charge is 0.402 e. The zero-order valence-electron chi connectivity index (χ0n) is 13.7. The van der Waals surface area contributed by atoms with Gasteiger partial charge >= 0.3 is 12.6 Å². The average molecular weight is 365 g/mol. The summed E-state index contributed by atoms with van der Waals surface area (Å²) in [5.74, 6) is -1.29. The third kappa shape index (κ3) is 3.08. The molecule has 136 valence electrons. The molecule has 8 nitrogen and oxygen atoms in total. The number of nitrogens with one attached hydrogen (secondary N) is 1. The number of hydrogen-bond donors (Lipinski definition) is 1. The Morgan fingerprint density at radius 2 is 2.04 bits per heavy atom. The molecule has 2 aromatic heterocycles. The van der Waals surface area contributed by atoms with Gasteiger partial charge in [0, 0.05) is 12.1 Å². The predicted octanol–water partition coefficient (Wildman–Crippen LogP) is 0.822. The second-order valence-corrected chi connectivity index (χ2v) is 5.04. The van der Waals surface area contributed by atoms with Crippen molar-refractivity contribution in [3.63, 3.8) is 0 Å². The highest BCUT2D eigenvalue weighted by Gasteiger charge is 2.24. The summed E-state index contributed by atoms with van der Waals surface area (Å²) in [4.78, 5) is 18.7. The van der Waals surface area contributed by atoms with Crippen LogP contribution in [0.3, 0.4) is 0 Å². The summed E-state index contributed by atoms with van der Waals surface area (Å²) in [6, 6.07) is 5.62. The van der Waals surface area contributed by atoms with Crippen molar-refractivity contribution in [1.82, 2.24) is 9.97 Å². The number of pyridine rings is 1. The van der Waals surface area contributed by atoms with Crippen LogP contribution >= 0.6 is 0 Å². The second kappa shape index (κ2) is 6.82. The molecule has 0 fully saturated rings. The standard InChI is InChI=1S/C16H13F2N3O5/c1-24-11-5-6-21(12(14(22)23)13(11)25-2)16-19-9-4-3-8(26-15(17)18)7-10(9)20-16/h3-7,15H,1-2H3,(H-,19,20,22,23). The first kappa shape index (κ1) is 17.4. The van der Waals surface area contributed by atoms with Crippen LogP contribution in [0.5, 0.6) is 17.2 Å². The highest BCUT2D eigenvalue weighted by atomic mass is 19.3. The van der Waals surface area contributed by atoms with Crippen molar-refractivity contribution in [2.45, 2.75) is 6.61 Å². The van der Waals surface area contributed by atoms with Gasteiger partial charge in [-0.05, 0) is 12.1 Å². The largest absolute Gasteiger partial charge is 0.542 e. The number of alkyl halides is 2. The minimum Gasteiger partial charge on any atom is -0.542 e. The molecule has 1 aromatic carbocycles. The maximum atomic E-state index is 12.3. The van der Waals surface area contributed by atoms with Crippen LogP contribution in [-0.2, 0) is 0 Å². The van der Waals surface area contributed by atoms with Crippen molar-refractivity contribution >= 4 is 17.0 Å². The zero-order chi connectivity index (χ0) is 18.8. The van der Waals surface area contributed by atoms with Crippen molar-refractivity contribution in [3.05, 3.63) is 36.2 Å². The lowest BCUT2D eigenvalue weighted by Gasteiger charge is -2.14. The molecule has 0 radical (unpaired) electrons. The number of carbonyl (C=O) groups excluding carboxylic acids is 1. The van der Waals surface area contributed by atoms with Gasteiger partial charge in [-0.25, -0.2) is 4.98 Å². The fourth-order valence-electron chi connectivity index (χ4n) is 2.51. The van der Waals surface area contributed by atoms with E-state index in [1.807, 2.05) is 0 Å². The van der Waals surface area contributed by atoms with Gasteiger partial charge in [-0.2, -0.15) is 13.3 Å². The van der Waals surface area contributed by atoms with E-state index >= 15 is 0 Å². The van der Waals surface area contributed by atoms with Crippen LogP contribution in [-0.4, -0.2) is 36.8 Å². The van der Waals surface area contributed by atoms with E-state index in [1.54, 1.807) is 0 Å². The zero-order valence-corrected chi connectivity index (χ0v) is 13.7. The van der Waals surface area contributed by atoms with Gasteiger partial charge < -0.3 is 24.1 Å². The van der Waals surface area contributed by atoms with Crippen LogP contribution in [0.2, 0.25) is 0 Å². The molecule has 26 heavy (non-hydrogen) atoms. The topological polar surface area (TPSA) is 100 Å². The van der Waals surface area contributed by atoms with Crippen molar-refractivity contribution in [2.75, 3.05) is 14.2 Å². The van der Waals surface area contributed by atoms with Gasteiger partial charge in [0.05, 0.1) is 20.4 Å². The molecule has 3 aromatic rings. The number of halogens is 2. The van der Waals surface area contributed by atoms with Gasteiger partial charge in [0.2, 0.25) is 5.75 Å². The minimum absolute atomic E-state index is 0.0443. The first-order valence-corrected chi connectivity index (χ1v) is 7.27. The number of ether oxygens (including phenoxy) is 3. The first-order chi connectivity index (χ1) is 12.4. The normalized spacial score (nSPS) is 11.0. The summed E-state index contributed by atoms with van der Waals surface area (Å²) < 4.78 is 40.4. The summed E-state index contributed by atoms with van der Waals surface area (Å²) in [6.07, 6.45) is 1.40. The van der Waals surface area contributed by atoms with E-state index < -0.39 is 12.6 Å². The number of fused-ring (bicyclic) bond motifs is 1. The highest BCUT2D eigenvalue weighted by molar-refractivity contribution is 5.86. The summed E-state index contributed by atoms with van der Waals surface area (Å²) >= 11 is 0. The van der Waals surface area contributed by atoms with Crippen molar-refractivity contribution in [3.8, 4) is 23.2 Å². The van der Waals surface area contributed by atoms with E-state index in [0.717, 1.165) is 0 Å². The number of carboxylic acids is 1. The molecule has 0 saturated carbocycles. The van der Waals surface area contributed by atoms with Gasteiger partial charge in [0.1, 0.15) is 17.2 Å². The number of hydrogen-bond acceptors (Lipinski definition) is 6. The molecule has 0 aliphatic heterocycles. The Kier molecular flexibility index (Phi) is 4.57. The lowest BCUT2D eigenvalue weighted by Crippen LogP contribution is -2.44. The SMILES string of the molecule is COc1cc[n+](-c2nc3ccc(OC(F)F)cc3[nH]2)c(C(=O)[O-])c1OC. The van der Waals surface area contributed by atoms with Crippen LogP contribution < -0.4 is 23.9 Å². The van der Waals surface area contributed by atoms with E-state index in [4.69, 9.17) is 9.47 Å². The molecule has 0 aliphatic rings. The molecule has 10 heteroatoms. The number of carboxylic acid groups (broad SMARTS) is 1.